The van der Waals surface area contributed by atoms with Crippen molar-refractivity contribution in [2.24, 2.45) is 4.99 Å². The Morgan fingerprint density at radius 3 is 2.09 bits per heavy atom. The number of hydrogen-bond donors (Lipinski definition) is 0. The highest BCUT2D eigenvalue weighted by Gasteiger charge is 2.39. The lowest BCUT2D eigenvalue weighted by atomic mass is 10.1. The van der Waals surface area contributed by atoms with Crippen molar-refractivity contribution >= 4 is 17.6 Å². The minimum absolute atomic E-state index is 0.268. The zero-order valence-electron chi connectivity index (χ0n) is 13.2. The summed E-state index contributed by atoms with van der Waals surface area (Å²) in [5, 5.41) is 0. The Balaban J connectivity index is 2.59. The summed E-state index contributed by atoms with van der Waals surface area (Å²) in [6.45, 7) is 11.0. The summed E-state index contributed by atoms with van der Waals surface area (Å²) in [6.07, 6.45) is 6.45. The molecule has 0 bridgehead atoms. The molecule has 1 aliphatic rings. The molecule has 4 heteroatoms. The number of imide groups is 1. The minimum atomic E-state index is -0.378. The number of rotatable bonds is 4. The fraction of sp³-hybridized carbons (Fsp3) is 0.105. The van der Waals surface area contributed by atoms with Crippen LogP contribution in [0.4, 0.5) is 0 Å². The van der Waals surface area contributed by atoms with E-state index >= 15 is 0 Å². The lowest BCUT2D eigenvalue weighted by molar-refractivity contribution is 0.0749. The number of hydrogen-bond acceptors (Lipinski definition) is 3. The predicted molar refractivity (Wildman–Crippen MR) is 92.3 cm³/mol. The Kier molecular flexibility index (Phi) is 4.86. The van der Waals surface area contributed by atoms with Crippen molar-refractivity contribution in [2.45, 2.75) is 13.8 Å². The van der Waals surface area contributed by atoms with Crippen molar-refractivity contribution in [3.8, 4) is 0 Å². The number of fused-ring (bicyclic) bond motifs is 1. The van der Waals surface area contributed by atoms with Gasteiger partial charge in [0, 0.05) is 11.8 Å². The van der Waals surface area contributed by atoms with Crippen molar-refractivity contribution in [1.29, 1.82) is 0 Å². The molecule has 23 heavy (non-hydrogen) atoms. The van der Waals surface area contributed by atoms with E-state index in [4.69, 9.17) is 0 Å². The van der Waals surface area contributed by atoms with Gasteiger partial charge in [0.2, 0.25) is 0 Å². The SMILES string of the molecule is C=C/C=C\C(C(=NC=C)N1C(=O)c2ccccc2C1=O)=C(C)C. The Bertz CT molecular complexity index is 743. The van der Waals surface area contributed by atoms with Crippen LogP contribution in [0.1, 0.15) is 34.6 Å². The highest BCUT2D eigenvalue weighted by molar-refractivity contribution is 6.32. The molecule has 0 N–H and O–H groups in total. The molecule has 1 aromatic carbocycles. The smallest absolute Gasteiger partial charge is 0.267 e. The van der Waals surface area contributed by atoms with Gasteiger partial charge >= 0.3 is 0 Å². The van der Waals surface area contributed by atoms with E-state index in [1.807, 2.05) is 13.8 Å². The molecular formula is C19H18N2O2. The molecule has 0 unspecified atom stereocenters. The van der Waals surface area contributed by atoms with Gasteiger partial charge in [0.25, 0.3) is 11.8 Å². The van der Waals surface area contributed by atoms with Gasteiger partial charge in [-0.05, 0) is 26.0 Å². The summed E-state index contributed by atoms with van der Waals surface area (Å²) in [6, 6.07) is 6.75. The zero-order chi connectivity index (χ0) is 17.0. The summed E-state index contributed by atoms with van der Waals surface area (Å²) in [4.78, 5) is 30.6. The molecule has 0 saturated heterocycles. The van der Waals surface area contributed by atoms with Crippen molar-refractivity contribution < 1.29 is 9.59 Å². The molecule has 0 radical (unpaired) electrons. The normalized spacial score (nSPS) is 14.2. The van der Waals surface area contributed by atoms with Crippen LogP contribution in [0.2, 0.25) is 0 Å². The summed E-state index contributed by atoms with van der Waals surface area (Å²) in [7, 11) is 0. The van der Waals surface area contributed by atoms with Crippen LogP contribution in [-0.4, -0.2) is 22.5 Å². The third-order valence-electron chi connectivity index (χ3n) is 3.40. The van der Waals surface area contributed by atoms with Gasteiger partial charge in [0.05, 0.1) is 11.1 Å². The van der Waals surface area contributed by atoms with E-state index in [2.05, 4.69) is 18.2 Å². The van der Waals surface area contributed by atoms with E-state index in [0.29, 0.717) is 16.7 Å². The highest BCUT2D eigenvalue weighted by atomic mass is 16.2. The lowest BCUT2D eigenvalue weighted by Gasteiger charge is -2.18. The molecule has 1 heterocycles. The molecule has 0 fully saturated rings. The fourth-order valence-corrected chi connectivity index (χ4v) is 2.34. The Morgan fingerprint density at radius 1 is 1.09 bits per heavy atom. The monoisotopic (exact) mass is 306 g/mol. The van der Waals surface area contributed by atoms with E-state index < -0.39 is 0 Å². The molecule has 2 amide bonds. The summed E-state index contributed by atoms with van der Waals surface area (Å²) in [5.41, 5.74) is 2.37. The first-order valence-electron chi connectivity index (χ1n) is 7.16. The topological polar surface area (TPSA) is 49.7 Å². The zero-order valence-corrected chi connectivity index (χ0v) is 13.2. The predicted octanol–water partition coefficient (Wildman–Crippen LogP) is 3.90. The maximum atomic E-state index is 12.6. The molecule has 1 aromatic rings. The van der Waals surface area contributed by atoms with Crippen LogP contribution in [-0.2, 0) is 0 Å². The van der Waals surface area contributed by atoms with Crippen molar-refractivity contribution in [3.05, 3.63) is 84.1 Å². The summed E-state index contributed by atoms with van der Waals surface area (Å²) in [5.74, 6) is -0.488. The largest absolute Gasteiger partial charge is 0.268 e. The van der Waals surface area contributed by atoms with Gasteiger partial charge in [-0.25, -0.2) is 9.89 Å². The van der Waals surface area contributed by atoms with Gasteiger partial charge in [-0.15, -0.1) is 0 Å². The second-order valence-corrected chi connectivity index (χ2v) is 5.14. The number of carbonyl (C=O) groups excluding carboxylic acids is 2. The van der Waals surface area contributed by atoms with Crippen molar-refractivity contribution in [3.63, 3.8) is 0 Å². The average molecular weight is 306 g/mol. The average Bonchev–Trinajstić information content (AvgIpc) is 2.78. The Morgan fingerprint density at radius 2 is 1.65 bits per heavy atom. The first kappa shape index (κ1) is 16.4. The van der Waals surface area contributed by atoms with E-state index in [9.17, 15) is 9.59 Å². The fourth-order valence-electron chi connectivity index (χ4n) is 2.34. The third-order valence-corrected chi connectivity index (χ3v) is 3.40. The molecule has 0 spiro atoms. The van der Waals surface area contributed by atoms with Crippen LogP contribution in [0.3, 0.4) is 0 Å². The Labute approximate surface area is 135 Å². The van der Waals surface area contributed by atoms with Crippen molar-refractivity contribution in [1.82, 2.24) is 4.90 Å². The first-order valence-corrected chi connectivity index (χ1v) is 7.16. The van der Waals surface area contributed by atoms with E-state index in [-0.39, 0.29) is 17.6 Å². The molecule has 0 saturated carbocycles. The number of amides is 2. The van der Waals surface area contributed by atoms with Gasteiger partial charge in [-0.2, -0.15) is 0 Å². The molecule has 116 valence electrons. The molecular weight excluding hydrogens is 288 g/mol. The van der Waals surface area contributed by atoms with Crippen LogP contribution >= 0.6 is 0 Å². The third kappa shape index (κ3) is 2.97. The molecule has 0 aromatic heterocycles. The van der Waals surface area contributed by atoms with Gasteiger partial charge < -0.3 is 0 Å². The number of benzene rings is 1. The second-order valence-electron chi connectivity index (χ2n) is 5.14. The summed E-state index contributed by atoms with van der Waals surface area (Å²) < 4.78 is 0. The van der Waals surface area contributed by atoms with Gasteiger partial charge in [0.15, 0.2) is 0 Å². The standard InChI is InChI=1S/C19H18N2O2/c1-5-7-10-14(13(3)4)17(20-6-2)21-18(22)15-11-8-9-12-16(15)19(21)23/h5-12H,1-2H2,3-4H3/b10-7-,20-17?. The number of carbonyl (C=O) groups is 2. The van der Waals surface area contributed by atoms with Gasteiger partial charge in [-0.3, -0.25) is 9.59 Å². The van der Waals surface area contributed by atoms with Crippen LogP contribution < -0.4 is 0 Å². The van der Waals surface area contributed by atoms with Gasteiger partial charge in [-0.1, -0.05) is 49.1 Å². The number of aliphatic imine (C=N–C) groups is 1. The number of nitrogens with zero attached hydrogens (tertiary/aromatic N) is 2. The summed E-state index contributed by atoms with van der Waals surface area (Å²) >= 11 is 0. The number of allylic oxidation sites excluding steroid dienone is 3. The van der Waals surface area contributed by atoms with E-state index in [0.717, 1.165) is 10.5 Å². The second kappa shape index (κ2) is 6.83. The van der Waals surface area contributed by atoms with E-state index in [1.54, 1.807) is 42.5 Å². The van der Waals surface area contributed by atoms with E-state index in [1.165, 1.54) is 6.20 Å². The van der Waals surface area contributed by atoms with Crippen LogP contribution in [0.15, 0.2) is 78.0 Å². The van der Waals surface area contributed by atoms with Crippen LogP contribution in [0.25, 0.3) is 0 Å². The maximum absolute atomic E-state index is 12.6. The molecule has 0 atom stereocenters. The molecule has 4 nitrogen and oxygen atoms in total. The first-order chi connectivity index (χ1) is 11.0. The molecule has 1 aliphatic heterocycles. The quantitative estimate of drug-likeness (QED) is 0.366. The van der Waals surface area contributed by atoms with Crippen LogP contribution in [0, 0.1) is 0 Å². The number of amidine groups is 1. The molecule has 2 rings (SSSR count). The minimum Gasteiger partial charge on any atom is -0.268 e. The maximum Gasteiger partial charge on any atom is 0.267 e. The van der Waals surface area contributed by atoms with Crippen LogP contribution in [0.5, 0.6) is 0 Å². The lowest BCUT2D eigenvalue weighted by Crippen LogP contribution is -2.37. The van der Waals surface area contributed by atoms with Crippen molar-refractivity contribution in [2.75, 3.05) is 0 Å². The Hall–Kier alpha value is -3.01. The van der Waals surface area contributed by atoms with Gasteiger partial charge in [0.1, 0.15) is 5.84 Å². The molecule has 0 aliphatic carbocycles. The highest BCUT2D eigenvalue weighted by Crippen LogP contribution is 2.26.